The van der Waals surface area contributed by atoms with Crippen molar-refractivity contribution in [2.75, 3.05) is 6.54 Å². The standard InChI is InChI=1S/C10H14F3NO/c11-10(12,13)4-3-9(15)14-6-7-1-2-8(14)5-7/h7-8H,1-6H2. The summed E-state index contributed by atoms with van der Waals surface area (Å²) < 4.78 is 35.8. The van der Waals surface area contributed by atoms with Crippen LogP contribution in [0, 0.1) is 5.92 Å². The Hall–Kier alpha value is -0.740. The SMILES string of the molecule is O=C(CCC(F)(F)F)N1CC2CCC1C2. The van der Waals surface area contributed by atoms with Gasteiger partial charge < -0.3 is 4.90 Å². The predicted molar refractivity (Wildman–Crippen MR) is 48.1 cm³/mol. The first-order chi connectivity index (χ1) is 6.96. The van der Waals surface area contributed by atoms with Crippen LogP contribution in [0.5, 0.6) is 0 Å². The van der Waals surface area contributed by atoms with E-state index in [4.69, 9.17) is 0 Å². The maximum atomic E-state index is 11.9. The van der Waals surface area contributed by atoms with E-state index in [0.717, 1.165) is 19.3 Å². The smallest absolute Gasteiger partial charge is 0.339 e. The molecule has 2 aliphatic rings. The molecular weight excluding hydrogens is 207 g/mol. The third-order valence-corrected chi connectivity index (χ3v) is 3.35. The fraction of sp³-hybridized carbons (Fsp3) is 0.900. The number of carbonyl (C=O) groups is 1. The van der Waals surface area contributed by atoms with Crippen LogP contribution in [-0.4, -0.2) is 29.6 Å². The topological polar surface area (TPSA) is 20.3 Å². The van der Waals surface area contributed by atoms with E-state index in [1.165, 1.54) is 0 Å². The molecule has 1 heterocycles. The summed E-state index contributed by atoms with van der Waals surface area (Å²) in [6, 6.07) is 0.232. The molecule has 1 saturated carbocycles. The molecule has 2 bridgehead atoms. The van der Waals surface area contributed by atoms with E-state index in [1.807, 2.05) is 0 Å². The number of likely N-dealkylation sites (tertiary alicyclic amines) is 1. The molecule has 1 amide bonds. The molecule has 0 aromatic heterocycles. The summed E-state index contributed by atoms with van der Waals surface area (Å²) >= 11 is 0. The quantitative estimate of drug-likeness (QED) is 0.700. The molecule has 0 aromatic rings. The largest absolute Gasteiger partial charge is 0.389 e. The van der Waals surface area contributed by atoms with Crippen molar-refractivity contribution < 1.29 is 18.0 Å². The van der Waals surface area contributed by atoms with Crippen molar-refractivity contribution in [1.82, 2.24) is 4.90 Å². The summed E-state index contributed by atoms with van der Waals surface area (Å²) in [5.74, 6) is 0.226. The van der Waals surface area contributed by atoms with Gasteiger partial charge in [-0.1, -0.05) is 0 Å². The molecule has 2 rings (SSSR count). The van der Waals surface area contributed by atoms with Gasteiger partial charge in [0, 0.05) is 19.0 Å². The number of amides is 1. The average Bonchev–Trinajstić information content (AvgIpc) is 2.73. The van der Waals surface area contributed by atoms with Crippen molar-refractivity contribution in [3.63, 3.8) is 0 Å². The van der Waals surface area contributed by atoms with Crippen LogP contribution in [0.1, 0.15) is 32.1 Å². The molecule has 2 nitrogen and oxygen atoms in total. The van der Waals surface area contributed by atoms with Crippen LogP contribution in [0.4, 0.5) is 13.2 Å². The second-order valence-electron chi connectivity index (χ2n) is 4.49. The first-order valence-electron chi connectivity index (χ1n) is 5.32. The molecule has 15 heavy (non-hydrogen) atoms. The van der Waals surface area contributed by atoms with Crippen LogP contribution in [-0.2, 0) is 4.79 Å². The second kappa shape index (κ2) is 3.68. The Morgan fingerprint density at radius 1 is 1.33 bits per heavy atom. The first kappa shape index (κ1) is 10.8. The zero-order valence-corrected chi connectivity index (χ0v) is 8.39. The number of fused-ring (bicyclic) bond motifs is 2. The van der Waals surface area contributed by atoms with Gasteiger partial charge in [0.15, 0.2) is 0 Å². The Morgan fingerprint density at radius 2 is 2.07 bits per heavy atom. The predicted octanol–water partition coefficient (Wildman–Crippen LogP) is 2.34. The van der Waals surface area contributed by atoms with Gasteiger partial charge in [-0.3, -0.25) is 4.79 Å². The van der Waals surface area contributed by atoms with Gasteiger partial charge in [-0.05, 0) is 25.2 Å². The highest BCUT2D eigenvalue weighted by Crippen LogP contribution is 2.38. The molecule has 2 unspecified atom stereocenters. The Labute approximate surface area is 86.4 Å². The normalized spacial score (nSPS) is 29.9. The molecular formula is C10H14F3NO. The molecule has 1 aliphatic heterocycles. The van der Waals surface area contributed by atoms with E-state index in [0.29, 0.717) is 12.5 Å². The lowest BCUT2D eigenvalue weighted by atomic mass is 10.1. The molecule has 2 atom stereocenters. The molecule has 0 N–H and O–H groups in total. The number of alkyl halides is 3. The number of hydrogen-bond acceptors (Lipinski definition) is 1. The van der Waals surface area contributed by atoms with Gasteiger partial charge in [0.25, 0.3) is 0 Å². The second-order valence-corrected chi connectivity index (χ2v) is 4.49. The minimum atomic E-state index is -4.21. The maximum absolute atomic E-state index is 11.9. The van der Waals surface area contributed by atoms with Gasteiger partial charge in [-0.25, -0.2) is 0 Å². The third kappa shape index (κ3) is 2.44. The van der Waals surface area contributed by atoms with Crippen molar-refractivity contribution in [3.05, 3.63) is 0 Å². The first-order valence-corrected chi connectivity index (χ1v) is 5.32. The molecule has 0 radical (unpaired) electrons. The Bertz CT molecular complexity index is 264. The number of halogens is 3. The zero-order valence-electron chi connectivity index (χ0n) is 8.39. The monoisotopic (exact) mass is 221 g/mol. The van der Waals surface area contributed by atoms with E-state index < -0.39 is 12.6 Å². The number of piperidine rings is 1. The van der Waals surface area contributed by atoms with Crippen molar-refractivity contribution >= 4 is 5.91 Å². The van der Waals surface area contributed by atoms with Gasteiger partial charge in [-0.15, -0.1) is 0 Å². The van der Waals surface area contributed by atoms with Gasteiger partial charge in [0.05, 0.1) is 6.42 Å². The van der Waals surface area contributed by atoms with Gasteiger partial charge >= 0.3 is 6.18 Å². The minimum Gasteiger partial charge on any atom is -0.339 e. The lowest BCUT2D eigenvalue weighted by Gasteiger charge is -2.27. The van der Waals surface area contributed by atoms with E-state index >= 15 is 0 Å². The average molecular weight is 221 g/mol. The van der Waals surface area contributed by atoms with Crippen LogP contribution in [0.2, 0.25) is 0 Å². The molecule has 1 saturated heterocycles. The maximum Gasteiger partial charge on any atom is 0.389 e. The van der Waals surface area contributed by atoms with E-state index in [2.05, 4.69) is 0 Å². The number of nitrogens with zero attached hydrogens (tertiary/aromatic N) is 1. The molecule has 1 aliphatic carbocycles. The van der Waals surface area contributed by atoms with E-state index in [1.54, 1.807) is 4.90 Å². The highest BCUT2D eigenvalue weighted by Gasteiger charge is 2.40. The van der Waals surface area contributed by atoms with Crippen molar-refractivity contribution in [2.45, 2.75) is 44.3 Å². The van der Waals surface area contributed by atoms with Gasteiger partial charge in [0.1, 0.15) is 0 Å². The Kier molecular flexibility index (Phi) is 2.64. The van der Waals surface area contributed by atoms with Crippen molar-refractivity contribution in [3.8, 4) is 0 Å². The van der Waals surface area contributed by atoms with Gasteiger partial charge in [0.2, 0.25) is 5.91 Å². The highest BCUT2D eigenvalue weighted by atomic mass is 19.4. The molecule has 0 spiro atoms. The summed E-state index contributed by atoms with van der Waals surface area (Å²) in [7, 11) is 0. The van der Waals surface area contributed by atoms with Crippen LogP contribution in [0.3, 0.4) is 0 Å². The number of rotatable bonds is 2. The fourth-order valence-corrected chi connectivity index (χ4v) is 2.62. The summed E-state index contributed by atoms with van der Waals surface area (Å²) in [4.78, 5) is 13.2. The minimum absolute atomic E-state index is 0.232. The van der Waals surface area contributed by atoms with Crippen LogP contribution in [0.15, 0.2) is 0 Å². The van der Waals surface area contributed by atoms with Gasteiger partial charge in [-0.2, -0.15) is 13.2 Å². The molecule has 86 valence electrons. The van der Waals surface area contributed by atoms with Crippen LogP contribution < -0.4 is 0 Å². The van der Waals surface area contributed by atoms with Crippen LogP contribution in [0.25, 0.3) is 0 Å². The summed E-state index contributed by atoms with van der Waals surface area (Å²) in [6.07, 6.45) is -2.48. The number of carbonyl (C=O) groups excluding carboxylic acids is 1. The van der Waals surface area contributed by atoms with E-state index in [-0.39, 0.29) is 18.4 Å². The third-order valence-electron chi connectivity index (χ3n) is 3.35. The summed E-state index contributed by atoms with van der Waals surface area (Å²) in [5.41, 5.74) is 0. The lowest BCUT2D eigenvalue weighted by Crippen LogP contribution is -2.38. The zero-order chi connectivity index (χ0) is 11.1. The summed E-state index contributed by atoms with van der Waals surface area (Å²) in [6.45, 7) is 0.682. The van der Waals surface area contributed by atoms with Crippen LogP contribution >= 0.6 is 0 Å². The highest BCUT2D eigenvalue weighted by molar-refractivity contribution is 5.77. The fourth-order valence-electron chi connectivity index (χ4n) is 2.62. The Balaban J connectivity index is 1.82. The summed E-state index contributed by atoms with van der Waals surface area (Å²) in [5, 5.41) is 0. The Morgan fingerprint density at radius 3 is 2.53 bits per heavy atom. The molecule has 5 heteroatoms. The molecule has 2 fully saturated rings. The lowest BCUT2D eigenvalue weighted by molar-refractivity contribution is -0.150. The molecule has 0 aromatic carbocycles. The van der Waals surface area contributed by atoms with Crippen molar-refractivity contribution in [2.24, 2.45) is 5.92 Å². The van der Waals surface area contributed by atoms with Crippen molar-refractivity contribution in [1.29, 1.82) is 0 Å². The number of hydrogen-bond donors (Lipinski definition) is 0. The van der Waals surface area contributed by atoms with E-state index in [9.17, 15) is 18.0 Å².